The van der Waals surface area contributed by atoms with Gasteiger partial charge in [0.05, 0.1) is 5.56 Å². The molecular weight excluding hydrogens is 360 g/mol. The van der Waals surface area contributed by atoms with Crippen LogP contribution in [0.25, 0.3) is 11.4 Å². The van der Waals surface area contributed by atoms with Crippen LogP contribution in [0.2, 0.25) is 0 Å². The fraction of sp³-hybridized carbons (Fsp3) is 0.560. The number of aryl methyl sites for hydroxylation is 1. The fourth-order valence-electron chi connectivity index (χ4n) is 3.28. The van der Waals surface area contributed by atoms with Crippen LogP contribution in [0.15, 0.2) is 36.5 Å². The van der Waals surface area contributed by atoms with E-state index in [4.69, 9.17) is 9.72 Å². The standard InChI is InChI=1S/C25H36N2O2/c1-4-6-7-8-14-21-18-19-26-25(27-21)22-15-10-11-16-23(22)29-24(28)17-12-9-13-20(3)5-2/h10-11,15-16,18-20H,4-9,12-14,17H2,1-3H3. The highest BCUT2D eigenvalue weighted by atomic mass is 16.5. The Balaban J connectivity index is 1.97. The molecular formula is C25H36N2O2. The van der Waals surface area contributed by atoms with Crippen molar-refractivity contribution < 1.29 is 9.53 Å². The van der Waals surface area contributed by atoms with E-state index in [0.29, 0.717) is 18.0 Å². The molecule has 1 aromatic carbocycles. The summed E-state index contributed by atoms with van der Waals surface area (Å²) in [5.41, 5.74) is 1.81. The van der Waals surface area contributed by atoms with Crippen LogP contribution in [-0.4, -0.2) is 15.9 Å². The number of unbranched alkanes of at least 4 members (excludes halogenated alkanes) is 4. The molecule has 2 rings (SSSR count). The molecule has 1 aromatic heterocycles. The highest BCUT2D eigenvalue weighted by molar-refractivity contribution is 5.76. The molecule has 0 aliphatic carbocycles. The molecule has 0 aliphatic rings. The molecule has 0 radical (unpaired) electrons. The number of esters is 1. The van der Waals surface area contributed by atoms with E-state index in [0.717, 1.165) is 42.9 Å². The van der Waals surface area contributed by atoms with Crippen molar-refractivity contribution in [1.82, 2.24) is 9.97 Å². The Morgan fingerprint density at radius 1 is 1.03 bits per heavy atom. The summed E-state index contributed by atoms with van der Waals surface area (Å²) in [6.07, 6.45) is 12.3. The summed E-state index contributed by atoms with van der Waals surface area (Å²) in [5.74, 6) is 1.70. The molecule has 29 heavy (non-hydrogen) atoms. The van der Waals surface area contributed by atoms with Crippen molar-refractivity contribution in [3.05, 3.63) is 42.2 Å². The molecule has 158 valence electrons. The van der Waals surface area contributed by atoms with Crippen LogP contribution >= 0.6 is 0 Å². The van der Waals surface area contributed by atoms with E-state index in [1.165, 1.54) is 32.1 Å². The topological polar surface area (TPSA) is 52.1 Å². The number of hydrogen-bond donors (Lipinski definition) is 0. The number of benzene rings is 1. The zero-order chi connectivity index (χ0) is 20.9. The second-order valence-corrected chi connectivity index (χ2v) is 7.91. The van der Waals surface area contributed by atoms with E-state index < -0.39 is 0 Å². The maximum absolute atomic E-state index is 12.3. The summed E-state index contributed by atoms with van der Waals surface area (Å²) in [5, 5.41) is 0. The van der Waals surface area contributed by atoms with E-state index in [9.17, 15) is 4.79 Å². The van der Waals surface area contributed by atoms with Crippen molar-refractivity contribution in [3.63, 3.8) is 0 Å². The van der Waals surface area contributed by atoms with E-state index in [2.05, 4.69) is 25.8 Å². The number of carbonyl (C=O) groups excluding carboxylic acids is 1. The summed E-state index contributed by atoms with van der Waals surface area (Å²) >= 11 is 0. The average molecular weight is 397 g/mol. The summed E-state index contributed by atoms with van der Waals surface area (Å²) in [6.45, 7) is 6.68. The number of carbonyl (C=O) groups is 1. The Hall–Kier alpha value is -2.23. The van der Waals surface area contributed by atoms with Gasteiger partial charge in [-0.15, -0.1) is 0 Å². The molecule has 0 amide bonds. The highest BCUT2D eigenvalue weighted by Gasteiger charge is 2.13. The molecule has 2 aromatic rings. The molecule has 0 saturated carbocycles. The van der Waals surface area contributed by atoms with Gasteiger partial charge in [-0.3, -0.25) is 4.79 Å². The van der Waals surface area contributed by atoms with Gasteiger partial charge in [-0.25, -0.2) is 9.97 Å². The number of ether oxygens (including phenoxy) is 1. The van der Waals surface area contributed by atoms with Gasteiger partial charge in [-0.2, -0.15) is 0 Å². The van der Waals surface area contributed by atoms with Gasteiger partial charge in [0, 0.05) is 18.3 Å². The van der Waals surface area contributed by atoms with Crippen LogP contribution in [0.1, 0.15) is 84.3 Å². The fourth-order valence-corrected chi connectivity index (χ4v) is 3.28. The number of nitrogens with zero attached hydrogens (tertiary/aromatic N) is 2. The molecule has 4 heteroatoms. The van der Waals surface area contributed by atoms with E-state index >= 15 is 0 Å². The number of aromatic nitrogens is 2. The minimum absolute atomic E-state index is 0.183. The maximum atomic E-state index is 12.3. The van der Waals surface area contributed by atoms with Crippen LogP contribution in [0.3, 0.4) is 0 Å². The molecule has 0 saturated heterocycles. The Bertz CT molecular complexity index is 745. The van der Waals surface area contributed by atoms with Gasteiger partial charge < -0.3 is 4.74 Å². The minimum Gasteiger partial charge on any atom is -0.426 e. The summed E-state index contributed by atoms with van der Waals surface area (Å²) in [7, 11) is 0. The molecule has 1 atom stereocenters. The summed E-state index contributed by atoms with van der Waals surface area (Å²) in [6, 6.07) is 9.52. The van der Waals surface area contributed by atoms with Gasteiger partial charge in [-0.05, 0) is 43.4 Å². The second-order valence-electron chi connectivity index (χ2n) is 7.91. The molecule has 1 unspecified atom stereocenters. The van der Waals surface area contributed by atoms with Crippen molar-refractivity contribution in [2.75, 3.05) is 0 Å². The van der Waals surface area contributed by atoms with Crippen molar-refractivity contribution in [2.24, 2.45) is 5.92 Å². The third-order valence-electron chi connectivity index (χ3n) is 5.38. The lowest BCUT2D eigenvalue weighted by atomic mass is 10.0. The quantitative estimate of drug-likeness (QED) is 0.213. The first-order valence-corrected chi connectivity index (χ1v) is 11.3. The van der Waals surface area contributed by atoms with Gasteiger partial charge in [0.15, 0.2) is 5.82 Å². The largest absolute Gasteiger partial charge is 0.426 e. The van der Waals surface area contributed by atoms with Gasteiger partial charge in [-0.1, -0.05) is 71.4 Å². The summed E-state index contributed by atoms with van der Waals surface area (Å²) < 4.78 is 5.67. The van der Waals surface area contributed by atoms with E-state index in [1.807, 2.05) is 30.3 Å². The Labute approximate surface area is 176 Å². The van der Waals surface area contributed by atoms with Crippen molar-refractivity contribution in [1.29, 1.82) is 0 Å². The van der Waals surface area contributed by atoms with Crippen molar-refractivity contribution in [3.8, 4) is 17.1 Å². The van der Waals surface area contributed by atoms with Gasteiger partial charge in [0.2, 0.25) is 0 Å². The third-order valence-corrected chi connectivity index (χ3v) is 5.38. The van der Waals surface area contributed by atoms with Crippen LogP contribution in [0.5, 0.6) is 5.75 Å². The lowest BCUT2D eigenvalue weighted by molar-refractivity contribution is -0.134. The van der Waals surface area contributed by atoms with Crippen molar-refractivity contribution in [2.45, 2.75) is 85.0 Å². The first kappa shape index (κ1) is 23.1. The van der Waals surface area contributed by atoms with E-state index in [-0.39, 0.29) is 5.97 Å². The Morgan fingerprint density at radius 3 is 2.66 bits per heavy atom. The van der Waals surface area contributed by atoms with Gasteiger partial charge in [0.25, 0.3) is 0 Å². The second kappa shape index (κ2) is 13.1. The molecule has 0 bridgehead atoms. The zero-order valence-electron chi connectivity index (χ0n) is 18.3. The molecule has 0 aliphatic heterocycles. The predicted octanol–water partition coefficient (Wildman–Crippen LogP) is 6.78. The molecule has 0 spiro atoms. The monoisotopic (exact) mass is 396 g/mol. The lowest BCUT2D eigenvalue weighted by Gasteiger charge is -2.11. The van der Waals surface area contributed by atoms with E-state index in [1.54, 1.807) is 6.20 Å². The first-order valence-electron chi connectivity index (χ1n) is 11.3. The lowest BCUT2D eigenvalue weighted by Crippen LogP contribution is -2.09. The third kappa shape index (κ3) is 8.35. The minimum atomic E-state index is -0.183. The number of hydrogen-bond acceptors (Lipinski definition) is 4. The smallest absolute Gasteiger partial charge is 0.311 e. The first-order chi connectivity index (χ1) is 14.1. The molecule has 1 heterocycles. The van der Waals surface area contributed by atoms with Gasteiger partial charge in [0.1, 0.15) is 5.75 Å². The normalized spacial score (nSPS) is 12.0. The van der Waals surface area contributed by atoms with Crippen molar-refractivity contribution >= 4 is 5.97 Å². The van der Waals surface area contributed by atoms with Gasteiger partial charge >= 0.3 is 5.97 Å². The Kier molecular flexibility index (Phi) is 10.4. The molecule has 4 nitrogen and oxygen atoms in total. The zero-order valence-corrected chi connectivity index (χ0v) is 18.3. The van der Waals surface area contributed by atoms with Crippen LogP contribution < -0.4 is 4.74 Å². The molecule has 0 N–H and O–H groups in total. The van der Waals surface area contributed by atoms with Crippen LogP contribution in [-0.2, 0) is 11.2 Å². The van der Waals surface area contributed by atoms with Crippen LogP contribution in [0, 0.1) is 5.92 Å². The Morgan fingerprint density at radius 2 is 1.86 bits per heavy atom. The van der Waals surface area contributed by atoms with Crippen LogP contribution in [0.4, 0.5) is 0 Å². The molecule has 0 fully saturated rings. The number of para-hydroxylation sites is 1. The SMILES string of the molecule is CCCCCCc1ccnc(-c2ccccc2OC(=O)CCCCC(C)CC)n1. The maximum Gasteiger partial charge on any atom is 0.311 e. The predicted molar refractivity (Wildman–Crippen MR) is 119 cm³/mol. The average Bonchev–Trinajstić information content (AvgIpc) is 2.74. The highest BCUT2D eigenvalue weighted by Crippen LogP contribution is 2.28. The number of rotatable bonds is 13. The summed E-state index contributed by atoms with van der Waals surface area (Å²) in [4.78, 5) is 21.5.